The van der Waals surface area contributed by atoms with Gasteiger partial charge in [0.15, 0.2) is 0 Å². The molecule has 0 aromatic rings. The Labute approximate surface area is 105 Å². The zero-order chi connectivity index (χ0) is 12.3. The van der Waals surface area contributed by atoms with Gasteiger partial charge in [-0.3, -0.25) is 4.79 Å². The van der Waals surface area contributed by atoms with Crippen molar-refractivity contribution in [1.82, 2.24) is 0 Å². The van der Waals surface area contributed by atoms with Crippen LogP contribution in [-0.4, -0.2) is 17.0 Å². The lowest BCUT2D eigenvalue weighted by Gasteiger charge is -2.34. The normalized spacial score (nSPS) is 40.0. The Morgan fingerprint density at radius 2 is 1.94 bits per heavy atom. The van der Waals surface area contributed by atoms with Crippen LogP contribution in [-0.2, 0) is 4.79 Å². The molecule has 4 atom stereocenters. The van der Waals surface area contributed by atoms with Crippen LogP contribution in [0.3, 0.4) is 0 Å². The number of carbonyl (C=O) groups excluding carboxylic acids is 1. The Kier molecular flexibility index (Phi) is 4.61. The number of ketones is 1. The monoisotopic (exact) mass is 238 g/mol. The average Bonchev–Trinajstić information content (AvgIpc) is 2.55. The highest BCUT2D eigenvalue weighted by molar-refractivity contribution is 5.82. The van der Waals surface area contributed by atoms with E-state index in [4.69, 9.17) is 0 Å². The average molecular weight is 238 g/mol. The van der Waals surface area contributed by atoms with Crippen molar-refractivity contribution in [2.75, 3.05) is 0 Å². The van der Waals surface area contributed by atoms with Crippen molar-refractivity contribution in [3.8, 4) is 0 Å². The number of hydrogen-bond donors (Lipinski definition) is 1. The second-order valence-corrected chi connectivity index (χ2v) is 5.99. The van der Waals surface area contributed by atoms with Gasteiger partial charge in [-0.05, 0) is 37.5 Å². The Balaban J connectivity index is 2.04. The maximum atomic E-state index is 12.1. The first-order valence-electron chi connectivity index (χ1n) is 7.43. The molecule has 2 fully saturated rings. The molecule has 4 unspecified atom stereocenters. The summed E-state index contributed by atoms with van der Waals surface area (Å²) in [6.07, 6.45) is 9.37. The maximum Gasteiger partial charge on any atom is 0.136 e. The fourth-order valence-corrected chi connectivity index (χ4v) is 3.71. The summed E-state index contributed by atoms with van der Waals surface area (Å²) in [5.74, 6) is 1.58. The van der Waals surface area contributed by atoms with Gasteiger partial charge in [0.2, 0.25) is 0 Å². The molecule has 98 valence electrons. The minimum absolute atomic E-state index is 0.168. The lowest BCUT2D eigenvalue weighted by atomic mass is 9.70. The van der Waals surface area contributed by atoms with Crippen LogP contribution in [0.25, 0.3) is 0 Å². The van der Waals surface area contributed by atoms with Crippen molar-refractivity contribution in [3.63, 3.8) is 0 Å². The summed E-state index contributed by atoms with van der Waals surface area (Å²) in [7, 11) is 0. The molecule has 2 aliphatic carbocycles. The number of rotatable bonds is 2. The summed E-state index contributed by atoms with van der Waals surface area (Å²) < 4.78 is 0. The van der Waals surface area contributed by atoms with Crippen molar-refractivity contribution in [3.05, 3.63) is 0 Å². The molecule has 0 aliphatic heterocycles. The molecule has 0 bridgehead atoms. The van der Waals surface area contributed by atoms with Crippen molar-refractivity contribution in [2.24, 2.45) is 17.8 Å². The van der Waals surface area contributed by atoms with Gasteiger partial charge in [-0.1, -0.05) is 32.6 Å². The molecule has 0 saturated heterocycles. The lowest BCUT2D eigenvalue weighted by molar-refractivity contribution is -0.129. The Morgan fingerprint density at radius 3 is 2.71 bits per heavy atom. The van der Waals surface area contributed by atoms with Gasteiger partial charge >= 0.3 is 0 Å². The highest BCUT2D eigenvalue weighted by Crippen LogP contribution is 2.38. The smallest absolute Gasteiger partial charge is 0.136 e. The van der Waals surface area contributed by atoms with Crippen molar-refractivity contribution in [1.29, 1.82) is 0 Å². The topological polar surface area (TPSA) is 37.3 Å². The molecule has 2 aliphatic rings. The highest BCUT2D eigenvalue weighted by atomic mass is 16.3. The van der Waals surface area contributed by atoms with E-state index >= 15 is 0 Å². The number of aliphatic hydroxyl groups excluding tert-OH is 1. The molecule has 2 saturated carbocycles. The molecule has 2 nitrogen and oxygen atoms in total. The second-order valence-electron chi connectivity index (χ2n) is 5.99. The van der Waals surface area contributed by atoms with Crippen LogP contribution in [0.5, 0.6) is 0 Å². The van der Waals surface area contributed by atoms with Crippen LogP contribution >= 0.6 is 0 Å². The van der Waals surface area contributed by atoms with Crippen molar-refractivity contribution in [2.45, 2.75) is 70.8 Å². The predicted molar refractivity (Wildman–Crippen MR) is 68.7 cm³/mol. The van der Waals surface area contributed by atoms with Crippen LogP contribution in [0, 0.1) is 17.8 Å². The van der Waals surface area contributed by atoms with Crippen LogP contribution < -0.4 is 0 Å². The number of hydrogen-bond acceptors (Lipinski definition) is 2. The van der Waals surface area contributed by atoms with Gasteiger partial charge in [0, 0.05) is 12.3 Å². The lowest BCUT2D eigenvalue weighted by Crippen LogP contribution is -2.36. The van der Waals surface area contributed by atoms with Gasteiger partial charge in [-0.2, -0.15) is 0 Å². The number of carbonyl (C=O) groups is 1. The van der Waals surface area contributed by atoms with Gasteiger partial charge in [0.25, 0.3) is 0 Å². The Hall–Kier alpha value is -0.370. The molecule has 2 heteroatoms. The van der Waals surface area contributed by atoms with Crippen LogP contribution in [0.15, 0.2) is 0 Å². The van der Waals surface area contributed by atoms with Gasteiger partial charge < -0.3 is 5.11 Å². The molecular formula is C15H26O2. The van der Waals surface area contributed by atoms with E-state index in [1.165, 1.54) is 19.3 Å². The molecule has 0 heterocycles. The predicted octanol–water partition coefficient (Wildman–Crippen LogP) is 3.32. The van der Waals surface area contributed by atoms with E-state index in [2.05, 4.69) is 6.92 Å². The van der Waals surface area contributed by atoms with Gasteiger partial charge in [0.05, 0.1) is 6.10 Å². The van der Waals surface area contributed by atoms with Crippen LogP contribution in [0.1, 0.15) is 64.7 Å². The molecule has 0 spiro atoms. The second kappa shape index (κ2) is 5.99. The first kappa shape index (κ1) is 13.1. The summed E-state index contributed by atoms with van der Waals surface area (Å²) in [4.78, 5) is 12.1. The fourth-order valence-electron chi connectivity index (χ4n) is 3.71. The molecule has 17 heavy (non-hydrogen) atoms. The summed E-state index contributed by atoms with van der Waals surface area (Å²) in [6, 6.07) is 0. The summed E-state index contributed by atoms with van der Waals surface area (Å²) in [5.41, 5.74) is 0. The van der Waals surface area contributed by atoms with Crippen LogP contribution in [0.4, 0.5) is 0 Å². The molecular weight excluding hydrogens is 212 g/mol. The SMILES string of the molecule is CCC1CCC(=O)C(C2CCCCCC2O)C1. The molecule has 0 amide bonds. The number of aliphatic hydroxyl groups is 1. The molecule has 0 aromatic heterocycles. The summed E-state index contributed by atoms with van der Waals surface area (Å²) >= 11 is 0. The Morgan fingerprint density at radius 1 is 1.18 bits per heavy atom. The minimum atomic E-state index is -0.220. The van der Waals surface area contributed by atoms with E-state index < -0.39 is 0 Å². The van der Waals surface area contributed by atoms with E-state index in [1.807, 2.05) is 0 Å². The minimum Gasteiger partial charge on any atom is -0.393 e. The molecule has 0 radical (unpaired) electrons. The standard InChI is InChI=1S/C15H26O2/c1-2-11-8-9-15(17)13(10-11)12-6-4-3-5-7-14(12)16/h11-14,16H,2-10H2,1H3. The summed E-state index contributed by atoms with van der Waals surface area (Å²) in [6.45, 7) is 2.22. The molecule has 0 aromatic carbocycles. The quantitative estimate of drug-likeness (QED) is 0.749. The van der Waals surface area contributed by atoms with E-state index in [1.54, 1.807) is 0 Å². The van der Waals surface area contributed by atoms with E-state index in [0.29, 0.717) is 11.7 Å². The fraction of sp³-hybridized carbons (Fsp3) is 0.933. The van der Waals surface area contributed by atoms with Gasteiger partial charge in [0.1, 0.15) is 5.78 Å². The van der Waals surface area contributed by atoms with Crippen LogP contribution in [0.2, 0.25) is 0 Å². The van der Waals surface area contributed by atoms with Crippen molar-refractivity contribution < 1.29 is 9.90 Å². The molecule has 2 rings (SSSR count). The summed E-state index contributed by atoms with van der Waals surface area (Å²) in [5, 5.41) is 10.2. The third-order valence-electron chi connectivity index (χ3n) is 4.93. The van der Waals surface area contributed by atoms with E-state index in [0.717, 1.165) is 38.5 Å². The molecule has 1 N–H and O–H groups in total. The highest BCUT2D eigenvalue weighted by Gasteiger charge is 2.37. The first-order chi connectivity index (χ1) is 8.22. The van der Waals surface area contributed by atoms with E-state index in [-0.39, 0.29) is 17.9 Å². The zero-order valence-electron chi connectivity index (χ0n) is 11.0. The zero-order valence-corrected chi connectivity index (χ0v) is 11.0. The van der Waals surface area contributed by atoms with Gasteiger partial charge in [-0.25, -0.2) is 0 Å². The van der Waals surface area contributed by atoms with Crippen molar-refractivity contribution >= 4 is 5.78 Å². The third-order valence-corrected chi connectivity index (χ3v) is 4.93. The largest absolute Gasteiger partial charge is 0.393 e. The Bertz CT molecular complexity index is 262. The third kappa shape index (κ3) is 3.09. The van der Waals surface area contributed by atoms with E-state index in [9.17, 15) is 9.90 Å². The van der Waals surface area contributed by atoms with Gasteiger partial charge in [-0.15, -0.1) is 0 Å². The first-order valence-corrected chi connectivity index (χ1v) is 7.43. The maximum absolute atomic E-state index is 12.1. The number of Topliss-reactive ketones (excluding diaryl/α,β-unsaturated/α-hetero) is 1.